The summed E-state index contributed by atoms with van der Waals surface area (Å²) < 4.78 is 13.2. The van der Waals surface area contributed by atoms with Gasteiger partial charge in [0.1, 0.15) is 5.82 Å². The van der Waals surface area contributed by atoms with Gasteiger partial charge >= 0.3 is 0 Å². The monoisotopic (exact) mass is 336 g/mol. The molecule has 128 valence electrons. The number of aromatic amines is 1. The largest absolute Gasteiger partial charge is 0.361 e. The van der Waals surface area contributed by atoms with Crippen molar-refractivity contribution in [1.82, 2.24) is 10.3 Å². The van der Waals surface area contributed by atoms with Crippen LogP contribution in [-0.2, 0) is 6.42 Å². The predicted octanol–water partition coefficient (Wildman–Crippen LogP) is 4.10. The van der Waals surface area contributed by atoms with Crippen LogP contribution in [0.5, 0.6) is 0 Å². The zero-order chi connectivity index (χ0) is 17.3. The van der Waals surface area contributed by atoms with E-state index in [9.17, 15) is 9.18 Å². The number of H-pyrrole nitrogens is 1. The van der Waals surface area contributed by atoms with Crippen molar-refractivity contribution in [2.45, 2.75) is 19.3 Å². The first kappa shape index (κ1) is 16.0. The normalized spacial score (nSPS) is 16.8. The van der Waals surface area contributed by atoms with Gasteiger partial charge < -0.3 is 10.3 Å². The fourth-order valence-electron chi connectivity index (χ4n) is 3.88. The minimum atomic E-state index is -0.424. The molecule has 3 nitrogen and oxygen atoms in total. The summed E-state index contributed by atoms with van der Waals surface area (Å²) in [7, 11) is 0. The van der Waals surface area contributed by atoms with Gasteiger partial charge in [0.25, 0.3) is 0 Å². The lowest BCUT2D eigenvalue weighted by Crippen LogP contribution is -2.43. The van der Waals surface area contributed by atoms with Crippen molar-refractivity contribution in [1.29, 1.82) is 0 Å². The number of nitrogens with one attached hydrogen (secondary N) is 2. The van der Waals surface area contributed by atoms with Crippen LogP contribution in [-0.4, -0.2) is 23.9 Å². The van der Waals surface area contributed by atoms with E-state index in [4.69, 9.17) is 0 Å². The van der Waals surface area contributed by atoms with Gasteiger partial charge in [-0.15, -0.1) is 0 Å². The number of hydrogen-bond acceptors (Lipinski definition) is 2. The number of benzene rings is 2. The minimum Gasteiger partial charge on any atom is -0.361 e. The number of piperidine rings is 1. The Hall–Kier alpha value is -2.46. The molecule has 4 heteroatoms. The lowest BCUT2D eigenvalue weighted by molar-refractivity contribution is 0.0726. The van der Waals surface area contributed by atoms with Gasteiger partial charge in [-0.1, -0.05) is 12.1 Å². The fourth-order valence-corrected chi connectivity index (χ4v) is 3.88. The van der Waals surface area contributed by atoms with Crippen molar-refractivity contribution in [2.75, 3.05) is 13.1 Å². The van der Waals surface area contributed by atoms with Crippen molar-refractivity contribution < 1.29 is 9.18 Å². The Kier molecular flexibility index (Phi) is 4.14. The Labute approximate surface area is 146 Å². The third kappa shape index (κ3) is 3.10. The molecule has 0 atom stereocenters. The zero-order valence-electron chi connectivity index (χ0n) is 14.0. The van der Waals surface area contributed by atoms with Crippen LogP contribution in [0.2, 0.25) is 0 Å². The average molecular weight is 336 g/mol. The van der Waals surface area contributed by atoms with Crippen molar-refractivity contribution in [3.05, 3.63) is 71.7 Å². The second-order valence-electron chi connectivity index (χ2n) is 6.94. The lowest BCUT2D eigenvalue weighted by Gasteiger charge is -2.36. The molecule has 2 N–H and O–H groups in total. The Morgan fingerprint density at radius 1 is 1.04 bits per heavy atom. The van der Waals surface area contributed by atoms with Crippen LogP contribution in [0.15, 0.2) is 54.7 Å². The van der Waals surface area contributed by atoms with Gasteiger partial charge in [-0.2, -0.15) is 0 Å². The summed E-state index contributed by atoms with van der Waals surface area (Å²) >= 11 is 0. The summed E-state index contributed by atoms with van der Waals surface area (Å²) in [5.74, 6) is -0.0474. The topological polar surface area (TPSA) is 44.9 Å². The Balaban J connectivity index is 1.69. The molecule has 0 spiro atoms. The average Bonchev–Trinajstić information content (AvgIpc) is 3.11. The number of fused-ring (bicyclic) bond motifs is 1. The molecule has 2 heterocycles. The molecule has 1 aromatic heterocycles. The van der Waals surface area contributed by atoms with Crippen LogP contribution in [0.4, 0.5) is 4.39 Å². The number of carbonyl (C=O) groups is 1. The summed E-state index contributed by atoms with van der Waals surface area (Å²) in [5, 5.41) is 4.40. The number of aromatic nitrogens is 1. The first-order valence-corrected chi connectivity index (χ1v) is 8.73. The van der Waals surface area contributed by atoms with Crippen LogP contribution in [0.1, 0.15) is 28.8 Å². The van der Waals surface area contributed by atoms with E-state index >= 15 is 0 Å². The van der Waals surface area contributed by atoms with Crippen LogP contribution < -0.4 is 5.32 Å². The van der Waals surface area contributed by atoms with Gasteiger partial charge in [0.2, 0.25) is 0 Å². The smallest absolute Gasteiger partial charge is 0.169 e. The van der Waals surface area contributed by atoms with Crippen LogP contribution in [0.25, 0.3) is 10.9 Å². The van der Waals surface area contributed by atoms with Crippen molar-refractivity contribution in [2.24, 2.45) is 5.41 Å². The van der Waals surface area contributed by atoms with E-state index in [1.54, 1.807) is 12.1 Å². The van der Waals surface area contributed by atoms with Gasteiger partial charge in [0.15, 0.2) is 5.78 Å². The van der Waals surface area contributed by atoms with Gasteiger partial charge in [0.05, 0.1) is 0 Å². The van der Waals surface area contributed by atoms with Gasteiger partial charge in [0, 0.05) is 28.1 Å². The molecular formula is C21H21FN2O. The molecule has 1 saturated heterocycles. The molecular weight excluding hydrogens is 315 g/mol. The van der Waals surface area contributed by atoms with Crippen molar-refractivity contribution in [3.8, 4) is 0 Å². The van der Waals surface area contributed by atoms with E-state index in [0.717, 1.165) is 48.0 Å². The molecule has 1 aliphatic heterocycles. The summed E-state index contributed by atoms with van der Waals surface area (Å²) in [6.07, 6.45) is 4.14. The number of ketones is 1. The number of halogens is 1. The number of hydrogen-bond donors (Lipinski definition) is 2. The lowest BCUT2D eigenvalue weighted by atomic mass is 9.69. The molecule has 4 rings (SSSR count). The first-order chi connectivity index (χ1) is 12.2. The van der Waals surface area contributed by atoms with E-state index in [2.05, 4.69) is 10.3 Å². The molecule has 25 heavy (non-hydrogen) atoms. The van der Waals surface area contributed by atoms with Gasteiger partial charge in [-0.25, -0.2) is 4.39 Å². The third-order valence-corrected chi connectivity index (χ3v) is 5.31. The highest BCUT2D eigenvalue weighted by atomic mass is 19.1. The molecule has 0 bridgehead atoms. The van der Waals surface area contributed by atoms with Crippen LogP contribution >= 0.6 is 0 Å². The highest BCUT2D eigenvalue weighted by molar-refractivity contribution is 6.03. The minimum absolute atomic E-state index is 0.196. The predicted molar refractivity (Wildman–Crippen MR) is 97.3 cm³/mol. The molecule has 0 radical (unpaired) electrons. The molecule has 0 amide bonds. The maximum atomic E-state index is 13.4. The molecule has 0 aliphatic carbocycles. The second-order valence-corrected chi connectivity index (χ2v) is 6.94. The Morgan fingerprint density at radius 3 is 2.56 bits per heavy atom. The van der Waals surface area contributed by atoms with E-state index in [-0.39, 0.29) is 11.6 Å². The summed E-state index contributed by atoms with van der Waals surface area (Å²) in [4.78, 5) is 16.6. The SMILES string of the molecule is O=C(c1ccc2[nH]ccc2c1)C1(Cc2ccc(F)cc2)CCNCC1. The molecule has 2 aromatic carbocycles. The summed E-state index contributed by atoms with van der Waals surface area (Å²) in [6, 6.07) is 14.4. The maximum absolute atomic E-state index is 13.4. The van der Waals surface area contributed by atoms with Crippen molar-refractivity contribution >= 4 is 16.7 Å². The fraction of sp³-hybridized carbons (Fsp3) is 0.286. The van der Waals surface area contributed by atoms with E-state index < -0.39 is 5.41 Å². The van der Waals surface area contributed by atoms with Crippen LogP contribution in [0.3, 0.4) is 0 Å². The summed E-state index contributed by atoms with van der Waals surface area (Å²) in [5.41, 5.74) is 2.39. The van der Waals surface area contributed by atoms with E-state index in [1.165, 1.54) is 12.1 Å². The van der Waals surface area contributed by atoms with Gasteiger partial charge in [-0.05, 0) is 74.3 Å². The highest BCUT2D eigenvalue weighted by Gasteiger charge is 2.39. The highest BCUT2D eigenvalue weighted by Crippen LogP contribution is 2.37. The number of rotatable bonds is 4. The van der Waals surface area contributed by atoms with Gasteiger partial charge in [-0.3, -0.25) is 4.79 Å². The molecule has 1 aliphatic rings. The number of Topliss-reactive ketones (excluding diaryl/α,β-unsaturated/α-hetero) is 1. The van der Waals surface area contributed by atoms with E-state index in [1.807, 2.05) is 30.5 Å². The zero-order valence-corrected chi connectivity index (χ0v) is 14.0. The first-order valence-electron chi connectivity index (χ1n) is 8.73. The summed E-state index contributed by atoms with van der Waals surface area (Å²) in [6.45, 7) is 1.67. The Morgan fingerprint density at radius 2 is 1.80 bits per heavy atom. The maximum Gasteiger partial charge on any atom is 0.169 e. The molecule has 0 saturated carbocycles. The third-order valence-electron chi connectivity index (χ3n) is 5.31. The quantitative estimate of drug-likeness (QED) is 0.705. The number of carbonyl (C=O) groups excluding carboxylic acids is 1. The standard InChI is InChI=1S/C21H21FN2O/c22-18-4-1-15(2-5-18)14-21(8-11-23-12-9-21)20(25)17-3-6-19-16(13-17)7-10-24-19/h1-7,10,13,23-24H,8-9,11-12,14H2. The second kappa shape index (κ2) is 6.45. The van der Waals surface area contributed by atoms with Crippen molar-refractivity contribution in [3.63, 3.8) is 0 Å². The van der Waals surface area contributed by atoms with E-state index in [0.29, 0.717) is 6.42 Å². The molecule has 3 aromatic rings. The molecule has 1 fully saturated rings. The Bertz CT molecular complexity index is 892. The van der Waals surface area contributed by atoms with Crippen LogP contribution in [0, 0.1) is 11.2 Å². The molecule has 0 unspecified atom stereocenters.